The van der Waals surface area contributed by atoms with E-state index < -0.39 is 5.82 Å². The van der Waals surface area contributed by atoms with Crippen LogP contribution in [0, 0.1) is 5.82 Å². The maximum Gasteiger partial charge on any atom is 0.259 e. The first kappa shape index (κ1) is 21.0. The molecule has 2 aromatic heterocycles. The quantitative estimate of drug-likeness (QED) is 0.462. The number of amides is 1. The van der Waals surface area contributed by atoms with Crippen molar-refractivity contribution in [3.63, 3.8) is 0 Å². The number of benzene rings is 2. The Balaban J connectivity index is 1.55. The van der Waals surface area contributed by atoms with Crippen LogP contribution in [-0.2, 0) is 11.3 Å². The van der Waals surface area contributed by atoms with Crippen LogP contribution in [0.1, 0.15) is 0 Å². The topological polar surface area (TPSA) is 90.5 Å². The molecule has 0 aliphatic carbocycles. The Bertz CT molecular complexity index is 1300. The molecule has 2 heterocycles. The second kappa shape index (κ2) is 8.84. The molecule has 0 fully saturated rings. The van der Waals surface area contributed by atoms with E-state index in [1.807, 2.05) is 0 Å². The smallest absolute Gasteiger partial charge is 0.259 e. The van der Waals surface area contributed by atoms with Gasteiger partial charge in [-0.3, -0.25) is 9.59 Å². The van der Waals surface area contributed by atoms with Gasteiger partial charge in [0.2, 0.25) is 11.7 Å². The SMILES string of the molecule is COc1ccc(-c2noc(-c3ccc(=O)n(CC(=O)N(C)c4ccc(F)cc4)c3)n2)cc1. The average molecular weight is 434 g/mol. The zero-order valence-electron chi connectivity index (χ0n) is 17.4. The van der Waals surface area contributed by atoms with Gasteiger partial charge in [0.15, 0.2) is 0 Å². The summed E-state index contributed by atoms with van der Waals surface area (Å²) in [6.07, 6.45) is 1.49. The number of halogens is 1. The molecule has 2 aromatic carbocycles. The number of aromatic nitrogens is 3. The highest BCUT2D eigenvalue weighted by molar-refractivity contribution is 5.92. The third-order valence-electron chi connectivity index (χ3n) is 4.90. The highest BCUT2D eigenvalue weighted by atomic mass is 19.1. The number of hydrogen-bond donors (Lipinski definition) is 0. The molecule has 0 unspecified atom stereocenters. The standard InChI is InChI=1S/C23H19FN4O4/c1-27(18-8-6-17(24)7-9-18)21(30)14-28-13-16(5-12-20(28)29)23-25-22(26-32-23)15-3-10-19(31-2)11-4-15/h3-13H,14H2,1-2H3. The molecule has 9 heteroatoms. The third-order valence-corrected chi connectivity index (χ3v) is 4.90. The van der Waals surface area contributed by atoms with Gasteiger partial charge in [0.05, 0.1) is 12.7 Å². The first-order valence-corrected chi connectivity index (χ1v) is 9.66. The van der Waals surface area contributed by atoms with Crippen LogP contribution < -0.4 is 15.2 Å². The van der Waals surface area contributed by atoms with Gasteiger partial charge >= 0.3 is 0 Å². The van der Waals surface area contributed by atoms with E-state index in [9.17, 15) is 14.0 Å². The molecule has 0 aliphatic rings. The van der Waals surface area contributed by atoms with Gasteiger partial charge in [0.1, 0.15) is 18.1 Å². The molecule has 0 aliphatic heterocycles. The predicted molar refractivity (Wildman–Crippen MR) is 116 cm³/mol. The summed E-state index contributed by atoms with van der Waals surface area (Å²) in [6, 6.07) is 15.6. The lowest BCUT2D eigenvalue weighted by molar-refractivity contribution is -0.118. The van der Waals surface area contributed by atoms with E-state index in [0.29, 0.717) is 22.8 Å². The van der Waals surface area contributed by atoms with E-state index in [4.69, 9.17) is 9.26 Å². The second-order valence-corrected chi connectivity index (χ2v) is 6.96. The molecule has 162 valence electrons. The van der Waals surface area contributed by atoms with Crippen LogP contribution in [0.3, 0.4) is 0 Å². The first-order chi connectivity index (χ1) is 15.4. The Morgan fingerprint density at radius 2 is 1.75 bits per heavy atom. The Labute approximate surface area is 182 Å². The molecule has 0 spiro atoms. The number of nitrogens with zero attached hydrogens (tertiary/aromatic N) is 4. The number of anilines is 1. The van der Waals surface area contributed by atoms with Crippen molar-refractivity contribution in [2.45, 2.75) is 6.54 Å². The summed E-state index contributed by atoms with van der Waals surface area (Å²) >= 11 is 0. The van der Waals surface area contributed by atoms with Gasteiger partial charge in [0.25, 0.3) is 11.4 Å². The van der Waals surface area contributed by atoms with Crippen molar-refractivity contribution in [3.8, 4) is 28.6 Å². The lowest BCUT2D eigenvalue weighted by Crippen LogP contribution is -2.33. The Kier molecular flexibility index (Phi) is 5.80. The molecule has 0 saturated heterocycles. The van der Waals surface area contributed by atoms with E-state index in [-0.39, 0.29) is 23.9 Å². The van der Waals surface area contributed by atoms with Crippen molar-refractivity contribution < 1.29 is 18.4 Å². The largest absolute Gasteiger partial charge is 0.497 e. The molecule has 4 aromatic rings. The van der Waals surface area contributed by atoms with Crippen molar-refractivity contribution in [2.24, 2.45) is 0 Å². The lowest BCUT2D eigenvalue weighted by atomic mass is 10.2. The molecule has 4 rings (SSSR count). The molecule has 0 atom stereocenters. The number of pyridine rings is 1. The molecule has 1 amide bonds. The van der Waals surface area contributed by atoms with E-state index in [1.165, 1.54) is 46.0 Å². The van der Waals surface area contributed by atoms with Crippen LogP contribution in [0.25, 0.3) is 22.8 Å². The third kappa shape index (κ3) is 4.41. The molecule has 0 saturated carbocycles. The minimum absolute atomic E-state index is 0.208. The van der Waals surface area contributed by atoms with E-state index >= 15 is 0 Å². The predicted octanol–water partition coefficient (Wildman–Crippen LogP) is 3.38. The first-order valence-electron chi connectivity index (χ1n) is 9.66. The lowest BCUT2D eigenvalue weighted by Gasteiger charge is -2.18. The van der Waals surface area contributed by atoms with Crippen molar-refractivity contribution in [1.82, 2.24) is 14.7 Å². The normalized spacial score (nSPS) is 10.7. The number of rotatable bonds is 6. The fourth-order valence-electron chi connectivity index (χ4n) is 3.04. The van der Waals surface area contributed by atoms with Gasteiger partial charge in [-0.25, -0.2) is 4.39 Å². The van der Waals surface area contributed by atoms with Crippen LogP contribution in [0.15, 0.2) is 76.2 Å². The highest BCUT2D eigenvalue weighted by Gasteiger charge is 2.15. The number of methoxy groups -OCH3 is 1. The number of ether oxygens (including phenoxy) is 1. The van der Waals surface area contributed by atoms with Crippen molar-refractivity contribution in [3.05, 3.63) is 83.0 Å². The molecular formula is C23H19FN4O4. The van der Waals surface area contributed by atoms with Crippen LogP contribution in [0.2, 0.25) is 0 Å². The monoisotopic (exact) mass is 434 g/mol. The Morgan fingerprint density at radius 3 is 2.44 bits per heavy atom. The fourth-order valence-corrected chi connectivity index (χ4v) is 3.04. The number of likely N-dealkylation sites (N-methyl/N-ethyl adjacent to an activating group) is 1. The van der Waals surface area contributed by atoms with Crippen LogP contribution in [0.4, 0.5) is 10.1 Å². The number of carbonyl (C=O) groups excluding carboxylic acids is 1. The minimum Gasteiger partial charge on any atom is -0.497 e. The average Bonchev–Trinajstić information content (AvgIpc) is 3.31. The number of hydrogen-bond acceptors (Lipinski definition) is 6. The molecule has 0 bridgehead atoms. The summed E-state index contributed by atoms with van der Waals surface area (Å²) in [7, 11) is 3.14. The Hall–Kier alpha value is -4.27. The summed E-state index contributed by atoms with van der Waals surface area (Å²) in [5.74, 6) is 0.559. The highest BCUT2D eigenvalue weighted by Crippen LogP contribution is 2.23. The maximum atomic E-state index is 13.1. The van der Waals surface area contributed by atoms with Gasteiger partial charge < -0.3 is 18.7 Å². The minimum atomic E-state index is -0.396. The molecule has 32 heavy (non-hydrogen) atoms. The second-order valence-electron chi connectivity index (χ2n) is 6.96. The van der Waals surface area contributed by atoms with E-state index in [1.54, 1.807) is 44.5 Å². The summed E-state index contributed by atoms with van der Waals surface area (Å²) in [5.41, 5.74) is 1.39. The molecule has 0 radical (unpaired) electrons. The van der Waals surface area contributed by atoms with Gasteiger partial charge in [-0.15, -0.1) is 0 Å². The van der Waals surface area contributed by atoms with Gasteiger partial charge in [-0.05, 0) is 54.6 Å². The summed E-state index contributed by atoms with van der Waals surface area (Å²) in [5, 5.41) is 3.99. The van der Waals surface area contributed by atoms with E-state index in [0.717, 1.165) is 5.56 Å². The summed E-state index contributed by atoms with van der Waals surface area (Å²) in [6.45, 7) is -0.208. The van der Waals surface area contributed by atoms with Crippen LogP contribution in [-0.4, -0.2) is 34.8 Å². The van der Waals surface area contributed by atoms with Gasteiger partial charge in [0, 0.05) is 30.6 Å². The molecule has 8 nitrogen and oxygen atoms in total. The van der Waals surface area contributed by atoms with E-state index in [2.05, 4.69) is 10.1 Å². The zero-order valence-corrected chi connectivity index (χ0v) is 17.4. The molecule has 0 N–H and O–H groups in total. The maximum absolute atomic E-state index is 13.1. The van der Waals surface area contributed by atoms with Crippen molar-refractivity contribution in [1.29, 1.82) is 0 Å². The van der Waals surface area contributed by atoms with Crippen molar-refractivity contribution >= 4 is 11.6 Å². The Morgan fingerprint density at radius 1 is 1.06 bits per heavy atom. The summed E-state index contributed by atoms with van der Waals surface area (Å²) in [4.78, 5) is 30.7. The zero-order chi connectivity index (χ0) is 22.7. The summed E-state index contributed by atoms with van der Waals surface area (Å²) < 4.78 is 24.9. The molecular weight excluding hydrogens is 415 g/mol. The number of carbonyl (C=O) groups is 1. The fraction of sp³-hybridized carbons (Fsp3) is 0.130. The van der Waals surface area contributed by atoms with Gasteiger partial charge in [-0.1, -0.05) is 5.16 Å². The van der Waals surface area contributed by atoms with Crippen LogP contribution in [0.5, 0.6) is 5.75 Å². The van der Waals surface area contributed by atoms with Crippen LogP contribution >= 0.6 is 0 Å². The van der Waals surface area contributed by atoms with Gasteiger partial charge in [-0.2, -0.15) is 4.98 Å². The van der Waals surface area contributed by atoms with Crippen molar-refractivity contribution in [2.75, 3.05) is 19.1 Å².